The molecule has 3 aromatic rings. The summed E-state index contributed by atoms with van der Waals surface area (Å²) in [6.07, 6.45) is 0. The molecule has 4 nitrogen and oxygen atoms in total. The Kier molecular flexibility index (Phi) is 4.82. The van der Waals surface area contributed by atoms with Crippen molar-refractivity contribution in [2.45, 2.75) is 12.1 Å². The van der Waals surface area contributed by atoms with Crippen molar-refractivity contribution in [3.05, 3.63) is 102 Å². The van der Waals surface area contributed by atoms with Crippen LogP contribution in [0.3, 0.4) is 0 Å². The molecule has 0 aromatic heterocycles. The summed E-state index contributed by atoms with van der Waals surface area (Å²) in [6, 6.07) is 25.8. The van der Waals surface area contributed by atoms with Gasteiger partial charge in [0.2, 0.25) is 0 Å². The molecule has 0 radical (unpaired) electrons. The quantitative estimate of drug-likeness (QED) is 0.649. The second-order valence-corrected chi connectivity index (χ2v) is 5.86. The molecule has 1 atom stereocenters. The van der Waals surface area contributed by atoms with Gasteiger partial charge in [-0.05, 0) is 28.8 Å². The zero-order chi connectivity index (χ0) is 17.7. The molecule has 4 N–H and O–H groups in total. The standard InChI is InChI=1S/C21H20N2O2/c22-20(24)21(25,17-10-5-2-6-11-17)18-12-7-13-19(14-18)23-15-16-8-3-1-4-9-16/h1-14,23,25H,15H2,(H2,22,24). The van der Waals surface area contributed by atoms with Crippen molar-refractivity contribution in [3.63, 3.8) is 0 Å². The summed E-state index contributed by atoms with van der Waals surface area (Å²) in [7, 11) is 0. The first-order chi connectivity index (χ1) is 12.1. The van der Waals surface area contributed by atoms with E-state index in [4.69, 9.17) is 5.73 Å². The Balaban J connectivity index is 1.90. The number of nitrogens with one attached hydrogen (secondary N) is 1. The van der Waals surface area contributed by atoms with Crippen molar-refractivity contribution in [3.8, 4) is 0 Å². The number of hydrogen-bond donors (Lipinski definition) is 3. The highest BCUT2D eigenvalue weighted by molar-refractivity contribution is 5.89. The zero-order valence-corrected chi connectivity index (χ0v) is 13.7. The summed E-state index contributed by atoms with van der Waals surface area (Å²) in [6.45, 7) is 0.643. The van der Waals surface area contributed by atoms with Crippen LogP contribution in [-0.2, 0) is 16.9 Å². The maximum atomic E-state index is 12.1. The van der Waals surface area contributed by atoms with Crippen LogP contribution in [-0.4, -0.2) is 11.0 Å². The molecular formula is C21H20N2O2. The lowest BCUT2D eigenvalue weighted by Gasteiger charge is -2.26. The molecule has 1 amide bonds. The number of rotatable bonds is 6. The highest BCUT2D eigenvalue weighted by Crippen LogP contribution is 2.31. The number of primary amides is 1. The van der Waals surface area contributed by atoms with E-state index in [9.17, 15) is 9.90 Å². The van der Waals surface area contributed by atoms with Crippen LogP contribution in [0.4, 0.5) is 5.69 Å². The minimum Gasteiger partial charge on any atom is -0.381 e. The third-order valence-corrected chi connectivity index (χ3v) is 4.17. The molecule has 0 aliphatic heterocycles. The topological polar surface area (TPSA) is 75.4 Å². The van der Waals surface area contributed by atoms with Gasteiger partial charge in [0.1, 0.15) is 0 Å². The van der Waals surface area contributed by atoms with E-state index < -0.39 is 11.5 Å². The minimum absolute atomic E-state index is 0.435. The molecule has 126 valence electrons. The monoisotopic (exact) mass is 332 g/mol. The number of carbonyl (C=O) groups is 1. The average molecular weight is 332 g/mol. The van der Waals surface area contributed by atoms with Crippen molar-refractivity contribution in [2.24, 2.45) is 5.73 Å². The van der Waals surface area contributed by atoms with Gasteiger partial charge < -0.3 is 16.2 Å². The molecule has 3 aromatic carbocycles. The minimum atomic E-state index is -1.87. The Morgan fingerprint density at radius 2 is 1.48 bits per heavy atom. The van der Waals surface area contributed by atoms with Crippen molar-refractivity contribution < 1.29 is 9.90 Å². The third kappa shape index (κ3) is 3.54. The number of benzene rings is 3. The first-order valence-electron chi connectivity index (χ1n) is 8.07. The van der Waals surface area contributed by atoms with E-state index in [2.05, 4.69) is 5.32 Å². The molecule has 4 heteroatoms. The van der Waals surface area contributed by atoms with Crippen LogP contribution in [0.1, 0.15) is 16.7 Å². The van der Waals surface area contributed by atoms with Gasteiger partial charge in [-0.3, -0.25) is 4.79 Å². The second-order valence-electron chi connectivity index (χ2n) is 5.86. The Morgan fingerprint density at radius 3 is 2.12 bits per heavy atom. The number of amides is 1. The maximum absolute atomic E-state index is 12.1. The third-order valence-electron chi connectivity index (χ3n) is 4.17. The van der Waals surface area contributed by atoms with Crippen LogP contribution in [0.15, 0.2) is 84.9 Å². The fraction of sp³-hybridized carbons (Fsp3) is 0.0952. The predicted octanol–water partition coefficient (Wildman–Crippen LogP) is 3.02. The molecule has 25 heavy (non-hydrogen) atoms. The van der Waals surface area contributed by atoms with Crippen LogP contribution in [0.2, 0.25) is 0 Å². The van der Waals surface area contributed by atoms with Crippen molar-refractivity contribution in [2.75, 3.05) is 5.32 Å². The van der Waals surface area contributed by atoms with Crippen LogP contribution >= 0.6 is 0 Å². The normalized spacial score (nSPS) is 13.0. The van der Waals surface area contributed by atoms with E-state index in [1.54, 1.807) is 42.5 Å². The first-order valence-corrected chi connectivity index (χ1v) is 8.07. The Bertz CT molecular complexity index is 850. The van der Waals surface area contributed by atoms with Gasteiger partial charge >= 0.3 is 0 Å². The van der Waals surface area contributed by atoms with Crippen molar-refractivity contribution in [1.82, 2.24) is 0 Å². The largest absolute Gasteiger partial charge is 0.381 e. The molecule has 0 aliphatic rings. The van der Waals surface area contributed by atoms with Crippen LogP contribution in [0.25, 0.3) is 0 Å². The van der Waals surface area contributed by atoms with E-state index in [0.29, 0.717) is 17.7 Å². The van der Waals surface area contributed by atoms with Gasteiger partial charge in [0.05, 0.1) is 0 Å². The number of anilines is 1. The van der Waals surface area contributed by atoms with Crippen LogP contribution in [0, 0.1) is 0 Å². The lowest BCUT2D eigenvalue weighted by Crippen LogP contribution is -2.42. The fourth-order valence-electron chi connectivity index (χ4n) is 2.78. The molecule has 0 saturated heterocycles. The Labute approximate surface area is 146 Å². The Morgan fingerprint density at radius 1 is 0.880 bits per heavy atom. The SMILES string of the molecule is NC(=O)C(O)(c1ccccc1)c1cccc(NCc2ccccc2)c1. The highest BCUT2D eigenvalue weighted by atomic mass is 16.3. The highest BCUT2D eigenvalue weighted by Gasteiger charge is 2.38. The van der Waals surface area contributed by atoms with E-state index >= 15 is 0 Å². The van der Waals surface area contributed by atoms with Crippen LogP contribution in [0.5, 0.6) is 0 Å². The van der Waals surface area contributed by atoms with Gasteiger partial charge in [0.25, 0.3) is 5.91 Å². The molecule has 0 saturated carbocycles. The predicted molar refractivity (Wildman–Crippen MR) is 98.8 cm³/mol. The fourth-order valence-corrected chi connectivity index (χ4v) is 2.78. The Hall–Kier alpha value is -3.11. The lowest BCUT2D eigenvalue weighted by molar-refractivity contribution is -0.133. The zero-order valence-electron chi connectivity index (χ0n) is 13.7. The van der Waals surface area contributed by atoms with Gasteiger partial charge in [-0.25, -0.2) is 0 Å². The van der Waals surface area contributed by atoms with E-state index in [0.717, 1.165) is 11.3 Å². The first kappa shape index (κ1) is 16.7. The summed E-state index contributed by atoms with van der Waals surface area (Å²) in [5, 5.41) is 14.3. The molecular weight excluding hydrogens is 312 g/mol. The molecule has 0 heterocycles. The smallest absolute Gasteiger partial charge is 0.258 e. The molecule has 0 fully saturated rings. The molecule has 0 bridgehead atoms. The van der Waals surface area contributed by atoms with Gasteiger partial charge in [-0.15, -0.1) is 0 Å². The maximum Gasteiger partial charge on any atom is 0.258 e. The molecule has 0 aliphatic carbocycles. The number of hydrogen-bond acceptors (Lipinski definition) is 3. The summed E-state index contributed by atoms with van der Waals surface area (Å²) < 4.78 is 0. The van der Waals surface area contributed by atoms with E-state index in [1.807, 2.05) is 42.5 Å². The molecule has 1 unspecified atom stereocenters. The van der Waals surface area contributed by atoms with E-state index in [-0.39, 0.29) is 0 Å². The molecule has 0 spiro atoms. The number of nitrogens with two attached hydrogens (primary N) is 1. The van der Waals surface area contributed by atoms with Crippen LogP contribution < -0.4 is 11.1 Å². The van der Waals surface area contributed by atoms with Gasteiger partial charge in [0, 0.05) is 12.2 Å². The van der Waals surface area contributed by atoms with Gasteiger partial charge in [-0.1, -0.05) is 72.8 Å². The summed E-state index contributed by atoms with van der Waals surface area (Å²) in [5.41, 5.74) is 6.50. The van der Waals surface area contributed by atoms with Gasteiger partial charge in [0.15, 0.2) is 5.60 Å². The summed E-state index contributed by atoms with van der Waals surface area (Å²) >= 11 is 0. The summed E-state index contributed by atoms with van der Waals surface area (Å²) in [5.74, 6) is -0.807. The number of carbonyl (C=O) groups excluding carboxylic acids is 1. The van der Waals surface area contributed by atoms with Crippen molar-refractivity contribution >= 4 is 11.6 Å². The molecule has 3 rings (SSSR count). The lowest BCUT2D eigenvalue weighted by atomic mass is 9.85. The van der Waals surface area contributed by atoms with E-state index in [1.165, 1.54) is 0 Å². The number of aliphatic hydroxyl groups is 1. The van der Waals surface area contributed by atoms with Gasteiger partial charge in [-0.2, -0.15) is 0 Å². The second kappa shape index (κ2) is 7.20. The average Bonchev–Trinajstić information content (AvgIpc) is 2.67. The summed E-state index contributed by atoms with van der Waals surface area (Å²) in [4.78, 5) is 12.1. The van der Waals surface area contributed by atoms with Crippen molar-refractivity contribution in [1.29, 1.82) is 0 Å².